The second-order valence-electron chi connectivity index (χ2n) is 5.29. The molecule has 2 aromatic carbocycles. The SMILES string of the molecule is COc1ccc(Cl)cc1Nc1cc(C)nc(Nc2ccccc2Cl)n1. The number of hydrogen-bond acceptors (Lipinski definition) is 5. The van der Waals surface area contributed by atoms with Crippen molar-refractivity contribution in [3.8, 4) is 5.75 Å². The number of nitrogens with one attached hydrogen (secondary N) is 2. The maximum Gasteiger partial charge on any atom is 0.229 e. The molecule has 0 bridgehead atoms. The molecule has 0 radical (unpaired) electrons. The van der Waals surface area contributed by atoms with Gasteiger partial charge < -0.3 is 15.4 Å². The van der Waals surface area contributed by atoms with Crippen molar-refractivity contribution in [2.45, 2.75) is 6.92 Å². The van der Waals surface area contributed by atoms with Crippen LogP contribution in [0.3, 0.4) is 0 Å². The van der Waals surface area contributed by atoms with Crippen LogP contribution in [0.5, 0.6) is 5.75 Å². The van der Waals surface area contributed by atoms with Gasteiger partial charge in [-0.15, -0.1) is 0 Å². The van der Waals surface area contributed by atoms with E-state index in [0.717, 1.165) is 17.1 Å². The summed E-state index contributed by atoms with van der Waals surface area (Å²) in [4.78, 5) is 8.87. The van der Waals surface area contributed by atoms with E-state index in [1.807, 2.05) is 31.2 Å². The third-order valence-electron chi connectivity index (χ3n) is 3.40. The molecule has 0 aliphatic carbocycles. The topological polar surface area (TPSA) is 59.1 Å². The minimum absolute atomic E-state index is 0.441. The summed E-state index contributed by atoms with van der Waals surface area (Å²) >= 11 is 12.2. The van der Waals surface area contributed by atoms with Gasteiger partial charge in [0.1, 0.15) is 11.6 Å². The molecule has 128 valence electrons. The lowest BCUT2D eigenvalue weighted by atomic mass is 10.3. The van der Waals surface area contributed by atoms with Crippen molar-refractivity contribution in [3.05, 3.63) is 64.3 Å². The fourth-order valence-electron chi connectivity index (χ4n) is 2.29. The Kier molecular flexibility index (Phi) is 5.26. The second kappa shape index (κ2) is 7.59. The first kappa shape index (κ1) is 17.3. The summed E-state index contributed by atoms with van der Waals surface area (Å²) in [6, 6.07) is 14.6. The summed E-state index contributed by atoms with van der Waals surface area (Å²) in [5.74, 6) is 1.72. The number of ether oxygens (including phenoxy) is 1. The Morgan fingerprint density at radius 1 is 0.920 bits per heavy atom. The molecule has 7 heteroatoms. The van der Waals surface area contributed by atoms with Gasteiger partial charge in [0.2, 0.25) is 5.95 Å². The first-order valence-corrected chi connectivity index (χ1v) is 8.28. The summed E-state index contributed by atoms with van der Waals surface area (Å²) in [6.07, 6.45) is 0. The zero-order valence-electron chi connectivity index (χ0n) is 13.7. The third-order valence-corrected chi connectivity index (χ3v) is 3.96. The molecule has 3 aromatic rings. The minimum Gasteiger partial charge on any atom is -0.495 e. The van der Waals surface area contributed by atoms with E-state index in [4.69, 9.17) is 27.9 Å². The van der Waals surface area contributed by atoms with E-state index in [1.165, 1.54) is 0 Å². The van der Waals surface area contributed by atoms with Crippen molar-refractivity contribution in [3.63, 3.8) is 0 Å². The second-order valence-corrected chi connectivity index (χ2v) is 6.14. The molecule has 1 aromatic heterocycles. The standard InChI is InChI=1S/C18H16Cl2N4O/c1-11-9-17(22-15-10-12(19)7-8-16(15)25-2)24-18(21-11)23-14-6-4-3-5-13(14)20/h3-10H,1-2H3,(H2,21,22,23,24). The number of anilines is 4. The van der Waals surface area contributed by atoms with E-state index in [1.54, 1.807) is 31.4 Å². The van der Waals surface area contributed by atoms with Crippen LogP contribution in [-0.2, 0) is 0 Å². The summed E-state index contributed by atoms with van der Waals surface area (Å²) in [7, 11) is 1.60. The smallest absolute Gasteiger partial charge is 0.229 e. The number of aromatic nitrogens is 2. The van der Waals surface area contributed by atoms with Crippen molar-refractivity contribution >= 4 is 46.3 Å². The lowest BCUT2D eigenvalue weighted by molar-refractivity contribution is 0.417. The van der Waals surface area contributed by atoms with Crippen molar-refractivity contribution in [2.75, 3.05) is 17.7 Å². The van der Waals surface area contributed by atoms with Crippen molar-refractivity contribution in [2.24, 2.45) is 0 Å². The van der Waals surface area contributed by atoms with Crippen LogP contribution in [0.2, 0.25) is 10.0 Å². The summed E-state index contributed by atoms with van der Waals surface area (Å²) in [5, 5.41) is 7.54. The maximum atomic E-state index is 6.18. The van der Waals surface area contributed by atoms with E-state index >= 15 is 0 Å². The molecule has 0 aliphatic rings. The average Bonchev–Trinajstić information content (AvgIpc) is 2.57. The third kappa shape index (κ3) is 4.32. The fourth-order valence-corrected chi connectivity index (χ4v) is 2.64. The van der Waals surface area contributed by atoms with Crippen molar-refractivity contribution in [1.29, 1.82) is 0 Å². The fraction of sp³-hybridized carbons (Fsp3) is 0.111. The van der Waals surface area contributed by atoms with Crippen LogP contribution in [0.15, 0.2) is 48.5 Å². The first-order chi connectivity index (χ1) is 12.0. The van der Waals surface area contributed by atoms with Gasteiger partial charge in [0.25, 0.3) is 0 Å². The van der Waals surface area contributed by atoms with Gasteiger partial charge in [-0.2, -0.15) is 4.98 Å². The van der Waals surface area contributed by atoms with Crippen LogP contribution in [-0.4, -0.2) is 17.1 Å². The molecule has 0 fully saturated rings. The summed E-state index contributed by atoms with van der Waals surface area (Å²) in [5.41, 5.74) is 2.26. The van der Waals surface area contributed by atoms with Gasteiger partial charge in [0.05, 0.1) is 23.5 Å². The van der Waals surface area contributed by atoms with Crippen molar-refractivity contribution in [1.82, 2.24) is 9.97 Å². The number of hydrogen-bond donors (Lipinski definition) is 2. The predicted octanol–water partition coefficient (Wildman–Crippen LogP) is 5.59. The quantitative estimate of drug-likeness (QED) is 0.609. The lowest BCUT2D eigenvalue weighted by Gasteiger charge is -2.13. The van der Waals surface area contributed by atoms with Gasteiger partial charge in [-0.3, -0.25) is 0 Å². The molecule has 0 saturated carbocycles. The van der Waals surface area contributed by atoms with E-state index in [9.17, 15) is 0 Å². The van der Waals surface area contributed by atoms with Gasteiger partial charge in [-0.25, -0.2) is 4.98 Å². The molecular weight excluding hydrogens is 359 g/mol. The Morgan fingerprint density at radius 2 is 1.72 bits per heavy atom. The Balaban J connectivity index is 1.90. The number of aryl methyl sites for hydroxylation is 1. The predicted molar refractivity (Wildman–Crippen MR) is 103 cm³/mol. The monoisotopic (exact) mass is 374 g/mol. The van der Waals surface area contributed by atoms with Gasteiger partial charge >= 0.3 is 0 Å². The van der Waals surface area contributed by atoms with E-state index in [0.29, 0.717) is 27.6 Å². The molecule has 1 heterocycles. The van der Waals surface area contributed by atoms with E-state index < -0.39 is 0 Å². The molecule has 0 atom stereocenters. The first-order valence-electron chi connectivity index (χ1n) is 7.53. The van der Waals surface area contributed by atoms with Crippen LogP contribution in [0, 0.1) is 6.92 Å². The Morgan fingerprint density at radius 3 is 2.48 bits per heavy atom. The average molecular weight is 375 g/mol. The minimum atomic E-state index is 0.441. The molecule has 0 spiro atoms. The molecule has 0 amide bonds. The maximum absolute atomic E-state index is 6.18. The van der Waals surface area contributed by atoms with Gasteiger partial charge in [0, 0.05) is 16.8 Å². The largest absolute Gasteiger partial charge is 0.495 e. The highest BCUT2D eigenvalue weighted by molar-refractivity contribution is 6.33. The van der Waals surface area contributed by atoms with Crippen LogP contribution in [0.1, 0.15) is 5.69 Å². The van der Waals surface area contributed by atoms with Crippen LogP contribution < -0.4 is 15.4 Å². The highest BCUT2D eigenvalue weighted by atomic mass is 35.5. The molecule has 0 aliphatic heterocycles. The van der Waals surface area contributed by atoms with Crippen LogP contribution in [0.4, 0.5) is 23.1 Å². The molecule has 2 N–H and O–H groups in total. The van der Waals surface area contributed by atoms with Crippen molar-refractivity contribution < 1.29 is 4.74 Å². The number of halogens is 2. The molecule has 5 nitrogen and oxygen atoms in total. The zero-order valence-corrected chi connectivity index (χ0v) is 15.2. The van der Waals surface area contributed by atoms with Gasteiger partial charge in [-0.1, -0.05) is 35.3 Å². The Bertz CT molecular complexity index is 902. The van der Waals surface area contributed by atoms with E-state index in [2.05, 4.69) is 20.6 Å². The van der Waals surface area contributed by atoms with Crippen LogP contribution in [0.25, 0.3) is 0 Å². The molecule has 0 unspecified atom stereocenters. The van der Waals surface area contributed by atoms with Crippen LogP contribution >= 0.6 is 23.2 Å². The Labute approximate surface area is 156 Å². The lowest BCUT2D eigenvalue weighted by Crippen LogP contribution is -2.03. The zero-order chi connectivity index (χ0) is 17.8. The molecule has 3 rings (SSSR count). The number of nitrogens with zero attached hydrogens (tertiary/aromatic N) is 2. The highest BCUT2D eigenvalue weighted by Gasteiger charge is 2.08. The summed E-state index contributed by atoms with van der Waals surface area (Å²) in [6.45, 7) is 1.89. The summed E-state index contributed by atoms with van der Waals surface area (Å²) < 4.78 is 5.35. The van der Waals surface area contributed by atoms with E-state index in [-0.39, 0.29) is 0 Å². The number of rotatable bonds is 5. The number of para-hydroxylation sites is 1. The molecule has 0 saturated heterocycles. The molecule has 25 heavy (non-hydrogen) atoms. The normalized spacial score (nSPS) is 10.4. The number of methoxy groups -OCH3 is 1. The molecular formula is C18H16Cl2N4O. The van der Waals surface area contributed by atoms with Gasteiger partial charge in [-0.05, 0) is 37.3 Å². The Hall–Kier alpha value is -2.50. The number of benzene rings is 2. The highest BCUT2D eigenvalue weighted by Crippen LogP contribution is 2.31. The van der Waals surface area contributed by atoms with Gasteiger partial charge in [0.15, 0.2) is 0 Å².